The lowest BCUT2D eigenvalue weighted by molar-refractivity contribution is 0.0687. The Morgan fingerprint density at radius 3 is 2.53 bits per heavy atom. The Bertz CT molecular complexity index is 1000. The van der Waals surface area contributed by atoms with Crippen LogP contribution in [0, 0.1) is 18.7 Å². The first kappa shape index (κ1) is 22.2. The molecule has 0 aromatic heterocycles. The van der Waals surface area contributed by atoms with E-state index in [1.807, 2.05) is 13.8 Å². The molecule has 8 heteroatoms. The smallest absolute Gasteiger partial charge is 0.256 e. The zero-order valence-electron chi connectivity index (χ0n) is 17.2. The van der Waals surface area contributed by atoms with Crippen molar-refractivity contribution in [2.75, 3.05) is 26.2 Å². The zero-order chi connectivity index (χ0) is 21.7. The molecule has 1 N–H and O–H groups in total. The first-order valence-corrected chi connectivity index (χ1v) is 11.6. The van der Waals surface area contributed by atoms with Crippen molar-refractivity contribution in [3.8, 4) is 5.75 Å². The van der Waals surface area contributed by atoms with E-state index in [1.165, 1.54) is 18.2 Å². The van der Waals surface area contributed by atoms with Gasteiger partial charge in [0, 0.05) is 19.6 Å². The number of hydrogen-bond acceptors (Lipinski definition) is 4. The summed E-state index contributed by atoms with van der Waals surface area (Å²) in [7, 11) is -3.63. The van der Waals surface area contributed by atoms with Crippen molar-refractivity contribution in [3.05, 3.63) is 59.4 Å². The highest BCUT2D eigenvalue weighted by molar-refractivity contribution is 7.89. The number of nitrogens with zero attached hydrogens (tertiary/aromatic N) is 1. The summed E-state index contributed by atoms with van der Waals surface area (Å²) in [6, 6.07) is 10.8. The van der Waals surface area contributed by atoms with Crippen LogP contribution in [-0.4, -0.2) is 45.5 Å². The number of benzene rings is 2. The maximum absolute atomic E-state index is 13.8. The van der Waals surface area contributed by atoms with Crippen LogP contribution >= 0.6 is 0 Å². The lowest BCUT2D eigenvalue weighted by Crippen LogP contribution is -2.41. The van der Waals surface area contributed by atoms with Gasteiger partial charge in [-0.3, -0.25) is 4.79 Å². The Hall–Kier alpha value is -2.45. The molecule has 0 unspecified atom stereocenters. The highest BCUT2D eigenvalue weighted by Crippen LogP contribution is 2.23. The standard InChI is InChI=1S/C22H27FN2O4S/c1-3-29-21-9-8-18(14-16(21)2)30(27,28)24-15-17-10-12-25(13-11-17)22(26)19-6-4-5-7-20(19)23/h4-9,14,17,24H,3,10-13,15H2,1-2H3. The Labute approximate surface area is 177 Å². The van der Waals surface area contributed by atoms with Crippen molar-refractivity contribution in [2.45, 2.75) is 31.6 Å². The van der Waals surface area contributed by atoms with Crippen molar-refractivity contribution in [2.24, 2.45) is 5.92 Å². The van der Waals surface area contributed by atoms with Gasteiger partial charge in [-0.25, -0.2) is 17.5 Å². The van der Waals surface area contributed by atoms with E-state index in [1.54, 1.807) is 29.2 Å². The molecule has 0 bridgehead atoms. The van der Waals surface area contributed by atoms with Crippen LogP contribution in [0.25, 0.3) is 0 Å². The number of ether oxygens (including phenoxy) is 1. The molecule has 1 fully saturated rings. The fourth-order valence-electron chi connectivity index (χ4n) is 3.56. The molecule has 1 heterocycles. The molecule has 0 atom stereocenters. The first-order valence-electron chi connectivity index (χ1n) is 10.1. The average Bonchev–Trinajstić information content (AvgIpc) is 2.74. The van der Waals surface area contributed by atoms with Crippen LogP contribution in [0.3, 0.4) is 0 Å². The van der Waals surface area contributed by atoms with Crippen molar-refractivity contribution < 1.29 is 22.3 Å². The number of aryl methyl sites for hydroxylation is 1. The summed E-state index contributed by atoms with van der Waals surface area (Å²) in [6.07, 6.45) is 1.32. The van der Waals surface area contributed by atoms with Gasteiger partial charge in [-0.1, -0.05) is 12.1 Å². The Morgan fingerprint density at radius 1 is 1.20 bits per heavy atom. The normalized spacial score (nSPS) is 15.2. The molecule has 162 valence electrons. The van der Waals surface area contributed by atoms with Crippen molar-refractivity contribution in [1.82, 2.24) is 9.62 Å². The van der Waals surface area contributed by atoms with Gasteiger partial charge in [0.2, 0.25) is 10.0 Å². The third kappa shape index (κ3) is 5.17. The number of likely N-dealkylation sites (tertiary alicyclic amines) is 1. The second-order valence-electron chi connectivity index (χ2n) is 7.43. The van der Waals surface area contributed by atoms with Crippen LogP contribution in [0.4, 0.5) is 4.39 Å². The fourth-order valence-corrected chi connectivity index (χ4v) is 4.76. The Morgan fingerprint density at radius 2 is 1.90 bits per heavy atom. The molecule has 0 aliphatic carbocycles. The van der Waals surface area contributed by atoms with E-state index in [2.05, 4.69) is 4.72 Å². The van der Waals surface area contributed by atoms with Gasteiger partial charge in [0.25, 0.3) is 5.91 Å². The van der Waals surface area contributed by atoms with E-state index in [0.717, 1.165) is 5.56 Å². The van der Waals surface area contributed by atoms with Crippen LogP contribution in [0.15, 0.2) is 47.4 Å². The van der Waals surface area contributed by atoms with Crippen LogP contribution in [-0.2, 0) is 10.0 Å². The molecule has 2 aromatic carbocycles. The SMILES string of the molecule is CCOc1ccc(S(=O)(=O)NCC2CCN(C(=O)c3ccccc3F)CC2)cc1C. The number of nitrogens with one attached hydrogen (secondary N) is 1. The van der Waals surface area contributed by atoms with E-state index in [4.69, 9.17) is 4.74 Å². The predicted octanol–water partition coefficient (Wildman–Crippen LogP) is 3.36. The summed E-state index contributed by atoms with van der Waals surface area (Å²) in [5, 5.41) is 0. The van der Waals surface area contributed by atoms with Gasteiger partial charge in [-0.05, 0) is 68.5 Å². The van der Waals surface area contributed by atoms with Gasteiger partial charge in [0.15, 0.2) is 0 Å². The molecule has 0 radical (unpaired) electrons. The van der Waals surface area contributed by atoms with Gasteiger partial charge >= 0.3 is 0 Å². The third-order valence-electron chi connectivity index (χ3n) is 5.32. The summed E-state index contributed by atoms with van der Waals surface area (Å²) < 4.78 is 47.2. The molecular weight excluding hydrogens is 407 g/mol. The van der Waals surface area contributed by atoms with E-state index in [-0.39, 0.29) is 22.3 Å². The summed E-state index contributed by atoms with van der Waals surface area (Å²) in [6.45, 7) is 5.45. The van der Waals surface area contributed by atoms with Crippen molar-refractivity contribution >= 4 is 15.9 Å². The summed E-state index contributed by atoms with van der Waals surface area (Å²) in [4.78, 5) is 14.3. The number of sulfonamides is 1. The second-order valence-corrected chi connectivity index (χ2v) is 9.19. The molecule has 1 saturated heterocycles. The van der Waals surface area contributed by atoms with E-state index in [0.29, 0.717) is 44.8 Å². The molecule has 3 rings (SSSR count). The molecule has 1 aliphatic rings. The first-order chi connectivity index (χ1) is 14.3. The largest absolute Gasteiger partial charge is 0.494 e. The highest BCUT2D eigenvalue weighted by atomic mass is 32.2. The van der Waals surface area contributed by atoms with Gasteiger partial charge in [0.1, 0.15) is 11.6 Å². The van der Waals surface area contributed by atoms with Gasteiger partial charge in [-0.2, -0.15) is 0 Å². The van der Waals surface area contributed by atoms with Gasteiger partial charge in [0.05, 0.1) is 17.1 Å². The number of carbonyl (C=O) groups is 1. The fraction of sp³-hybridized carbons (Fsp3) is 0.409. The molecule has 30 heavy (non-hydrogen) atoms. The number of carbonyl (C=O) groups excluding carboxylic acids is 1. The monoisotopic (exact) mass is 434 g/mol. The molecule has 6 nitrogen and oxygen atoms in total. The van der Waals surface area contributed by atoms with Gasteiger partial charge in [-0.15, -0.1) is 0 Å². The Balaban J connectivity index is 1.54. The molecule has 0 spiro atoms. The molecule has 0 saturated carbocycles. The number of piperidine rings is 1. The maximum atomic E-state index is 13.8. The third-order valence-corrected chi connectivity index (χ3v) is 6.75. The number of rotatable bonds is 7. The summed E-state index contributed by atoms with van der Waals surface area (Å²) >= 11 is 0. The van der Waals surface area contributed by atoms with E-state index in [9.17, 15) is 17.6 Å². The lowest BCUT2D eigenvalue weighted by Gasteiger charge is -2.32. The second kappa shape index (κ2) is 9.57. The van der Waals surface area contributed by atoms with Gasteiger partial charge < -0.3 is 9.64 Å². The summed E-state index contributed by atoms with van der Waals surface area (Å²) in [5.41, 5.74) is 0.835. The lowest BCUT2D eigenvalue weighted by atomic mass is 9.96. The van der Waals surface area contributed by atoms with Crippen molar-refractivity contribution in [1.29, 1.82) is 0 Å². The number of hydrogen-bond donors (Lipinski definition) is 1. The predicted molar refractivity (Wildman–Crippen MR) is 113 cm³/mol. The molecule has 1 aliphatic heterocycles. The molecular formula is C22H27FN2O4S. The van der Waals surface area contributed by atoms with Crippen LogP contribution in [0.5, 0.6) is 5.75 Å². The molecule has 1 amide bonds. The van der Waals surface area contributed by atoms with Crippen molar-refractivity contribution in [3.63, 3.8) is 0 Å². The van der Waals surface area contributed by atoms with Crippen LogP contribution in [0.2, 0.25) is 0 Å². The maximum Gasteiger partial charge on any atom is 0.256 e. The van der Waals surface area contributed by atoms with Crippen LogP contribution < -0.4 is 9.46 Å². The Kier molecular flexibility index (Phi) is 7.10. The summed E-state index contributed by atoms with van der Waals surface area (Å²) in [5.74, 6) is -0.0587. The minimum atomic E-state index is -3.63. The quantitative estimate of drug-likeness (QED) is 0.725. The average molecular weight is 435 g/mol. The number of amides is 1. The number of halogens is 1. The van der Waals surface area contributed by atoms with Crippen LogP contribution in [0.1, 0.15) is 35.7 Å². The highest BCUT2D eigenvalue weighted by Gasteiger charge is 2.26. The van der Waals surface area contributed by atoms with E-state index >= 15 is 0 Å². The minimum Gasteiger partial charge on any atom is -0.494 e. The molecule has 2 aromatic rings. The topological polar surface area (TPSA) is 75.7 Å². The minimum absolute atomic E-state index is 0.0718. The zero-order valence-corrected chi connectivity index (χ0v) is 18.0. The van der Waals surface area contributed by atoms with E-state index < -0.39 is 15.8 Å².